The Bertz CT molecular complexity index is 606. The molecule has 1 aliphatic rings. The van der Waals surface area contributed by atoms with Crippen molar-refractivity contribution in [1.29, 1.82) is 0 Å². The minimum atomic E-state index is -3.81. The normalized spacial score (nSPS) is 18.3. The van der Waals surface area contributed by atoms with Gasteiger partial charge in [-0.25, -0.2) is 12.7 Å². The van der Waals surface area contributed by atoms with Crippen molar-refractivity contribution in [3.05, 3.63) is 29.8 Å². The second kappa shape index (κ2) is 3.85. The van der Waals surface area contributed by atoms with Gasteiger partial charge in [-0.3, -0.25) is 4.79 Å². The second-order valence-corrected chi connectivity index (χ2v) is 5.48. The van der Waals surface area contributed by atoms with Gasteiger partial charge in [0, 0.05) is 0 Å². The van der Waals surface area contributed by atoms with Crippen LogP contribution in [0.2, 0.25) is 0 Å². The monoisotopic (exact) mass is 254 g/mol. The van der Waals surface area contributed by atoms with E-state index in [4.69, 9.17) is 5.21 Å². The number of carbonyl (C=O) groups excluding carboxylic acids is 1. The lowest BCUT2D eigenvalue weighted by atomic mass is 10.2. The van der Waals surface area contributed by atoms with Crippen LogP contribution < -0.4 is 0 Å². The Labute approximate surface area is 98.2 Å². The highest BCUT2D eigenvalue weighted by Crippen LogP contribution is 2.29. The van der Waals surface area contributed by atoms with Crippen molar-refractivity contribution in [3.63, 3.8) is 0 Å². The van der Waals surface area contributed by atoms with Gasteiger partial charge in [0.25, 0.3) is 15.9 Å². The molecule has 2 rings (SSSR count). The second-order valence-electron chi connectivity index (χ2n) is 3.65. The fraction of sp³-hybridized carbons (Fsp3) is 0.200. The summed E-state index contributed by atoms with van der Waals surface area (Å²) < 4.78 is 24.7. The Morgan fingerprint density at radius 2 is 2.06 bits per heavy atom. The first-order valence-electron chi connectivity index (χ1n) is 4.82. The van der Waals surface area contributed by atoms with Gasteiger partial charge in [0.05, 0.1) is 17.8 Å². The van der Waals surface area contributed by atoms with Gasteiger partial charge >= 0.3 is 0 Å². The van der Waals surface area contributed by atoms with Crippen LogP contribution in [0.4, 0.5) is 0 Å². The highest BCUT2D eigenvalue weighted by molar-refractivity contribution is 7.90. The minimum absolute atomic E-state index is 0.00394. The van der Waals surface area contributed by atoms with Crippen LogP contribution in [0.5, 0.6) is 0 Å². The highest BCUT2D eigenvalue weighted by Gasteiger charge is 2.40. The molecular formula is C10H10N2O4S. The van der Waals surface area contributed by atoms with E-state index in [0.29, 0.717) is 4.31 Å². The molecule has 0 radical (unpaired) electrons. The van der Waals surface area contributed by atoms with E-state index in [1.165, 1.54) is 19.1 Å². The molecule has 0 saturated carbocycles. The molecule has 0 atom stereocenters. The molecule has 0 unspecified atom stereocenters. The smallest absolute Gasteiger partial charge is 0.269 e. The Balaban J connectivity index is 2.52. The Morgan fingerprint density at radius 1 is 1.41 bits per heavy atom. The molecule has 0 aliphatic carbocycles. The first kappa shape index (κ1) is 11.6. The third-order valence-corrected chi connectivity index (χ3v) is 4.24. The molecule has 17 heavy (non-hydrogen) atoms. The lowest BCUT2D eigenvalue weighted by Crippen LogP contribution is -2.34. The Kier molecular flexibility index (Phi) is 2.62. The number of fused-ring (bicyclic) bond motifs is 1. The summed E-state index contributed by atoms with van der Waals surface area (Å²) in [6.07, 6.45) is 0. The first-order valence-corrected chi connectivity index (χ1v) is 6.26. The summed E-state index contributed by atoms with van der Waals surface area (Å²) in [4.78, 5) is 11.9. The zero-order chi connectivity index (χ0) is 12.6. The molecule has 1 amide bonds. The summed E-state index contributed by atoms with van der Waals surface area (Å²) in [7, 11) is -3.81. The van der Waals surface area contributed by atoms with E-state index in [1.54, 1.807) is 12.1 Å². The van der Waals surface area contributed by atoms with Crippen LogP contribution >= 0.6 is 0 Å². The van der Waals surface area contributed by atoms with E-state index in [2.05, 4.69) is 5.16 Å². The van der Waals surface area contributed by atoms with E-state index in [9.17, 15) is 13.2 Å². The molecule has 0 saturated heterocycles. The molecule has 6 nitrogen and oxygen atoms in total. The molecule has 90 valence electrons. The average Bonchev–Trinajstić information content (AvgIpc) is 2.51. The zero-order valence-corrected chi connectivity index (χ0v) is 9.81. The van der Waals surface area contributed by atoms with Gasteiger partial charge in [0.15, 0.2) is 0 Å². The number of benzene rings is 1. The topological polar surface area (TPSA) is 87.0 Å². The van der Waals surface area contributed by atoms with Crippen LogP contribution in [0.25, 0.3) is 0 Å². The predicted octanol–water partition coefficient (Wildman–Crippen LogP) is 0.681. The van der Waals surface area contributed by atoms with Crippen LogP contribution in [-0.2, 0) is 10.0 Å². The molecule has 0 fully saturated rings. The maximum atomic E-state index is 12.0. The van der Waals surface area contributed by atoms with Gasteiger partial charge in [0.2, 0.25) is 0 Å². The van der Waals surface area contributed by atoms with E-state index < -0.39 is 15.9 Å². The van der Waals surface area contributed by atoms with E-state index in [0.717, 1.165) is 0 Å². The molecule has 1 aromatic carbocycles. The Morgan fingerprint density at radius 3 is 2.65 bits per heavy atom. The maximum Gasteiger partial charge on any atom is 0.269 e. The molecule has 1 aromatic rings. The van der Waals surface area contributed by atoms with E-state index in [-0.39, 0.29) is 22.7 Å². The summed E-state index contributed by atoms with van der Waals surface area (Å²) in [5, 5.41) is 11.4. The molecule has 1 aliphatic heterocycles. The lowest BCUT2D eigenvalue weighted by Gasteiger charge is -2.13. The van der Waals surface area contributed by atoms with Crippen molar-refractivity contribution in [1.82, 2.24) is 4.31 Å². The SMILES string of the molecule is C/C(CN1C(=O)c2ccccc2S1(=O)=O)=N\O. The van der Waals surface area contributed by atoms with Gasteiger partial charge in [-0.15, -0.1) is 0 Å². The van der Waals surface area contributed by atoms with Gasteiger partial charge < -0.3 is 5.21 Å². The number of rotatable bonds is 2. The van der Waals surface area contributed by atoms with Crippen molar-refractivity contribution in [2.75, 3.05) is 6.54 Å². The number of nitrogens with zero attached hydrogens (tertiary/aromatic N) is 2. The van der Waals surface area contributed by atoms with Crippen LogP contribution in [0.15, 0.2) is 34.3 Å². The van der Waals surface area contributed by atoms with E-state index >= 15 is 0 Å². The standard InChI is InChI=1S/C10H10N2O4S/c1-7(11-14)6-12-10(13)8-4-2-3-5-9(8)17(12,15)16/h2-5,14H,6H2,1H3/b11-7+. The lowest BCUT2D eigenvalue weighted by molar-refractivity contribution is 0.0883. The van der Waals surface area contributed by atoms with Crippen LogP contribution in [0, 0.1) is 0 Å². The summed E-state index contributed by atoms with van der Waals surface area (Å²) in [5.74, 6) is -0.594. The number of hydrogen-bond donors (Lipinski definition) is 1. The molecule has 0 spiro atoms. The quantitative estimate of drug-likeness (QED) is 0.477. The molecular weight excluding hydrogens is 244 g/mol. The van der Waals surface area contributed by atoms with Crippen molar-refractivity contribution in [2.45, 2.75) is 11.8 Å². The largest absolute Gasteiger partial charge is 0.411 e. The average molecular weight is 254 g/mol. The van der Waals surface area contributed by atoms with Crippen molar-refractivity contribution >= 4 is 21.6 Å². The fourth-order valence-corrected chi connectivity index (χ4v) is 3.22. The predicted molar refractivity (Wildman–Crippen MR) is 59.6 cm³/mol. The third-order valence-electron chi connectivity index (χ3n) is 2.46. The van der Waals surface area contributed by atoms with E-state index in [1.807, 2.05) is 0 Å². The maximum absolute atomic E-state index is 12.0. The number of amides is 1. The first-order chi connectivity index (χ1) is 7.98. The molecule has 1 N–H and O–H groups in total. The number of hydrogen-bond acceptors (Lipinski definition) is 5. The minimum Gasteiger partial charge on any atom is -0.411 e. The zero-order valence-electron chi connectivity index (χ0n) is 8.99. The Hall–Kier alpha value is -1.89. The summed E-state index contributed by atoms with van der Waals surface area (Å²) >= 11 is 0. The number of oxime groups is 1. The molecule has 0 aromatic heterocycles. The van der Waals surface area contributed by atoms with Crippen molar-refractivity contribution < 1.29 is 18.4 Å². The van der Waals surface area contributed by atoms with Crippen LogP contribution in [0.3, 0.4) is 0 Å². The van der Waals surface area contributed by atoms with Crippen LogP contribution in [0.1, 0.15) is 17.3 Å². The third kappa shape index (κ3) is 1.68. The number of carbonyl (C=O) groups is 1. The number of sulfonamides is 1. The summed E-state index contributed by atoms with van der Waals surface area (Å²) in [5.41, 5.74) is 0.299. The van der Waals surface area contributed by atoms with Gasteiger partial charge in [-0.1, -0.05) is 17.3 Å². The molecule has 0 bridgehead atoms. The van der Waals surface area contributed by atoms with Gasteiger partial charge in [-0.05, 0) is 19.1 Å². The van der Waals surface area contributed by atoms with Crippen LogP contribution in [-0.4, -0.2) is 36.1 Å². The summed E-state index contributed by atoms with van der Waals surface area (Å²) in [6.45, 7) is 1.19. The fourth-order valence-electron chi connectivity index (χ4n) is 1.63. The highest BCUT2D eigenvalue weighted by atomic mass is 32.2. The van der Waals surface area contributed by atoms with Gasteiger partial charge in [0.1, 0.15) is 4.90 Å². The molecule has 7 heteroatoms. The van der Waals surface area contributed by atoms with Crippen molar-refractivity contribution in [3.8, 4) is 0 Å². The van der Waals surface area contributed by atoms with Crippen molar-refractivity contribution in [2.24, 2.45) is 5.16 Å². The van der Waals surface area contributed by atoms with Gasteiger partial charge in [-0.2, -0.15) is 0 Å². The molecule has 1 heterocycles. The summed E-state index contributed by atoms with van der Waals surface area (Å²) in [6, 6.07) is 6.00.